The van der Waals surface area contributed by atoms with Gasteiger partial charge in [0.1, 0.15) is 11.6 Å². The summed E-state index contributed by atoms with van der Waals surface area (Å²) in [5.41, 5.74) is -0.722. The van der Waals surface area contributed by atoms with Crippen molar-refractivity contribution in [2.45, 2.75) is 0 Å². The lowest BCUT2D eigenvalue weighted by Crippen LogP contribution is -2.31. The van der Waals surface area contributed by atoms with E-state index in [0.29, 0.717) is 5.33 Å². The SMILES string of the molecule is O=C1C(=O)N(CCBr)c2c(F)ccc(F)c21. The summed E-state index contributed by atoms with van der Waals surface area (Å²) in [4.78, 5) is 23.9. The number of Topliss-reactive ketones (excluding diaryl/α,β-unsaturated/α-hetero) is 1. The van der Waals surface area contributed by atoms with Crippen LogP contribution in [0.25, 0.3) is 0 Å². The summed E-state index contributed by atoms with van der Waals surface area (Å²) in [6.45, 7) is 0.123. The highest BCUT2D eigenvalue weighted by Crippen LogP contribution is 2.33. The first-order chi connectivity index (χ1) is 7.57. The van der Waals surface area contributed by atoms with Crippen LogP contribution < -0.4 is 4.90 Å². The van der Waals surface area contributed by atoms with Gasteiger partial charge in [-0.2, -0.15) is 0 Å². The molecule has 1 amide bonds. The average Bonchev–Trinajstić information content (AvgIpc) is 2.50. The van der Waals surface area contributed by atoms with Crippen molar-refractivity contribution >= 4 is 33.3 Å². The lowest BCUT2D eigenvalue weighted by atomic mass is 10.1. The van der Waals surface area contributed by atoms with Crippen LogP contribution in [0.4, 0.5) is 14.5 Å². The molecule has 2 rings (SSSR count). The Kier molecular flexibility index (Phi) is 2.75. The van der Waals surface area contributed by atoms with Crippen LogP contribution in [0.15, 0.2) is 12.1 Å². The number of benzene rings is 1. The Labute approximate surface area is 98.2 Å². The number of anilines is 1. The highest BCUT2D eigenvalue weighted by Gasteiger charge is 2.39. The lowest BCUT2D eigenvalue weighted by molar-refractivity contribution is -0.114. The molecule has 3 nitrogen and oxygen atoms in total. The van der Waals surface area contributed by atoms with Crippen molar-refractivity contribution in [1.82, 2.24) is 0 Å². The second-order valence-electron chi connectivity index (χ2n) is 3.23. The third-order valence-corrected chi connectivity index (χ3v) is 2.68. The Morgan fingerprint density at radius 3 is 2.44 bits per heavy atom. The molecule has 0 unspecified atom stereocenters. The van der Waals surface area contributed by atoms with Gasteiger partial charge in [0.05, 0.1) is 11.3 Å². The molecular weight excluding hydrogens is 284 g/mol. The zero-order valence-corrected chi connectivity index (χ0v) is 9.55. The molecule has 0 saturated carbocycles. The largest absolute Gasteiger partial charge is 0.301 e. The van der Waals surface area contributed by atoms with Crippen molar-refractivity contribution in [3.63, 3.8) is 0 Å². The Morgan fingerprint density at radius 2 is 1.81 bits per heavy atom. The number of halogens is 3. The van der Waals surface area contributed by atoms with E-state index in [-0.39, 0.29) is 12.2 Å². The van der Waals surface area contributed by atoms with Gasteiger partial charge in [-0.05, 0) is 12.1 Å². The van der Waals surface area contributed by atoms with E-state index in [9.17, 15) is 18.4 Å². The molecule has 1 aromatic carbocycles. The van der Waals surface area contributed by atoms with E-state index >= 15 is 0 Å². The first kappa shape index (κ1) is 11.2. The van der Waals surface area contributed by atoms with Crippen LogP contribution in [0.3, 0.4) is 0 Å². The number of hydrogen-bond acceptors (Lipinski definition) is 2. The summed E-state index contributed by atoms with van der Waals surface area (Å²) in [5, 5.41) is 0.376. The van der Waals surface area contributed by atoms with Gasteiger partial charge in [0.15, 0.2) is 0 Å². The molecule has 1 aromatic rings. The fourth-order valence-corrected chi connectivity index (χ4v) is 2.00. The minimum atomic E-state index is -0.993. The van der Waals surface area contributed by atoms with Gasteiger partial charge in [-0.25, -0.2) is 8.78 Å². The number of alkyl halides is 1. The van der Waals surface area contributed by atoms with E-state index in [1.807, 2.05) is 0 Å². The molecule has 0 radical (unpaired) electrons. The number of hydrogen-bond donors (Lipinski definition) is 0. The molecule has 0 spiro atoms. The summed E-state index contributed by atoms with van der Waals surface area (Å²) < 4.78 is 26.8. The van der Waals surface area contributed by atoms with Crippen LogP contribution in [-0.2, 0) is 4.79 Å². The monoisotopic (exact) mass is 289 g/mol. The van der Waals surface area contributed by atoms with Crippen molar-refractivity contribution in [2.75, 3.05) is 16.8 Å². The molecule has 0 N–H and O–H groups in total. The number of nitrogens with zero attached hydrogens (tertiary/aromatic N) is 1. The molecular formula is C10H6BrF2NO2. The molecule has 16 heavy (non-hydrogen) atoms. The van der Waals surface area contributed by atoms with Crippen LogP contribution in [-0.4, -0.2) is 23.6 Å². The quantitative estimate of drug-likeness (QED) is 0.616. The minimum Gasteiger partial charge on any atom is -0.301 e. The van der Waals surface area contributed by atoms with Crippen LogP contribution in [0.1, 0.15) is 10.4 Å². The van der Waals surface area contributed by atoms with Crippen molar-refractivity contribution in [3.8, 4) is 0 Å². The zero-order valence-electron chi connectivity index (χ0n) is 7.97. The van der Waals surface area contributed by atoms with E-state index in [2.05, 4.69) is 15.9 Å². The second-order valence-corrected chi connectivity index (χ2v) is 4.02. The predicted octanol–water partition coefficient (Wildman–Crippen LogP) is 1.89. The van der Waals surface area contributed by atoms with Crippen molar-refractivity contribution < 1.29 is 18.4 Å². The van der Waals surface area contributed by atoms with Gasteiger partial charge in [-0.15, -0.1) is 0 Å². The highest BCUT2D eigenvalue weighted by molar-refractivity contribution is 9.09. The van der Waals surface area contributed by atoms with Gasteiger partial charge in [0.2, 0.25) is 0 Å². The third kappa shape index (κ3) is 1.44. The molecule has 0 aromatic heterocycles. The molecule has 84 valence electrons. The van der Waals surface area contributed by atoms with Crippen LogP contribution in [0, 0.1) is 11.6 Å². The standard InChI is InChI=1S/C10H6BrF2NO2/c11-3-4-14-8-6(13)2-1-5(12)7(8)9(15)10(14)16/h1-2H,3-4H2. The number of rotatable bonds is 2. The van der Waals surface area contributed by atoms with E-state index in [1.54, 1.807) is 0 Å². The smallest absolute Gasteiger partial charge is 0.299 e. The predicted molar refractivity (Wildman–Crippen MR) is 56.8 cm³/mol. The molecule has 6 heteroatoms. The number of ketones is 1. The van der Waals surface area contributed by atoms with Crippen LogP contribution in [0.2, 0.25) is 0 Å². The van der Waals surface area contributed by atoms with Gasteiger partial charge < -0.3 is 4.90 Å². The maximum atomic E-state index is 13.5. The van der Waals surface area contributed by atoms with Crippen molar-refractivity contribution in [3.05, 3.63) is 29.3 Å². The topological polar surface area (TPSA) is 37.4 Å². The lowest BCUT2D eigenvalue weighted by Gasteiger charge is -2.15. The van der Waals surface area contributed by atoms with Crippen LogP contribution >= 0.6 is 15.9 Å². The maximum Gasteiger partial charge on any atom is 0.299 e. The number of carbonyl (C=O) groups is 2. The fourth-order valence-electron chi connectivity index (χ4n) is 1.65. The van der Waals surface area contributed by atoms with E-state index in [1.165, 1.54) is 0 Å². The summed E-state index contributed by atoms with van der Waals surface area (Å²) in [6.07, 6.45) is 0. The van der Waals surface area contributed by atoms with Gasteiger partial charge in [-0.1, -0.05) is 15.9 Å². The summed E-state index contributed by atoms with van der Waals surface area (Å²) in [6, 6.07) is 1.75. The Balaban J connectivity index is 2.64. The van der Waals surface area contributed by atoms with E-state index in [4.69, 9.17) is 0 Å². The molecule has 0 saturated heterocycles. The number of amides is 1. The average molecular weight is 290 g/mol. The normalized spacial score (nSPS) is 14.6. The minimum absolute atomic E-state index is 0.123. The van der Waals surface area contributed by atoms with Gasteiger partial charge >= 0.3 is 0 Å². The molecule has 0 bridgehead atoms. The summed E-state index contributed by atoms with van der Waals surface area (Å²) >= 11 is 3.08. The van der Waals surface area contributed by atoms with Gasteiger partial charge in [0.25, 0.3) is 11.7 Å². The molecule has 1 aliphatic heterocycles. The van der Waals surface area contributed by atoms with Crippen molar-refractivity contribution in [1.29, 1.82) is 0 Å². The highest BCUT2D eigenvalue weighted by atomic mass is 79.9. The van der Waals surface area contributed by atoms with Crippen LogP contribution in [0.5, 0.6) is 0 Å². The first-order valence-corrected chi connectivity index (χ1v) is 5.60. The Bertz CT molecular complexity index is 490. The molecule has 1 aliphatic rings. The first-order valence-electron chi connectivity index (χ1n) is 4.48. The van der Waals surface area contributed by atoms with E-state index < -0.39 is 28.9 Å². The third-order valence-electron chi connectivity index (χ3n) is 2.32. The zero-order chi connectivity index (χ0) is 11.9. The molecule has 0 atom stereocenters. The molecule has 0 aliphatic carbocycles. The Morgan fingerprint density at radius 1 is 1.19 bits per heavy atom. The summed E-state index contributed by atoms with van der Waals surface area (Å²) in [7, 11) is 0. The van der Waals surface area contributed by atoms with E-state index in [0.717, 1.165) is 17.0 Å². The van der Waals surface area contributed by atoms with Crippen molar-refractivity contribution in [2.24, 2.45) is 0 Å². The number of carbonyl (C=O) groups excluding carboxylic acids is 2. The Hall–Kier alpha value is -1.30. The molecule has 0 fully saturated rings. The maximum absolute atomic E-state index is 13.5. The molecule has 1 heterocycles. The summed E-state index contributed by atoms with van der Waals surface area (Å²) in [5.74, 6) is -3.52. The fraction of sp³-hybridized carbons (Fsp3) is 0.200. The number of fused-ring (bicyclic) bond motifs is 1. The second kappa shape index (κ2) is 3.93. The van der Waals surface area contributed by atoms with Gasteiger partial charge in [-0.3, -0.25) is 9.59 Å². The van der Waals surface area contributed by atoms with Gasteiger partial charge in [0, 0.05) is 11.9 Å².